The van der Waals surface area contributed by atoms with Crippen LogP contribution in [0.25, 0.3) is 0 Å². The quantitative estimate of drug-likeness (QED) is 0.738. The van der Waals surface area contributed by atoms with Gasteiger partial charge in [0, 0.05) is 4.47 Å². The molecule has 1 aromatic rings. The molecule has 13 heavy (non-hydrogen) atoms. The van der Waals surface area contributed by atoms with Crippen LogP contribution in [-0.4, -0.2) is 0 Å². The van der Waals surface area contributed by atoms with Gasteiger partial charge in [-0.15, -0.1) is 0 Å². The fraction of sp³-hybridized carbons (Fsp3) is 0.500. The predicted molar refractivity (Wildman–Crippen MR) is 62.0 cm³/mol. The van der Waals surface area contributed by atoms with Gasteiger partial charge in [-0.3, -0.25) is 0 Å². The third-order valence-corrected chi connectivity index (χ3v) is 3.24. The molecule has 0 fully saturated rings. The standard InChI is InChI=1S/C12H17Br/c1-4-9(2)7-11-8-10(3)5-6-12(11)13/h5-6,8-9H,4,7H2,1-3H3/t9-/m1/s1. The first-order chi connectivity index (χ1) is 6.13. The molecule has 0 saturated heterocycles. The number of halogens is 1. The summed E-state index contributed by atoms with van der Waals surface area (Å²) >= 11 is 3.59. The second-order valence-corrected chi connectivity index (χ2v) is 4.67. The van der Waals surface area contributed by atoms with Gasteiger partial charge >= 0.3 is 0 Å². The van der Waals surface area contributed by atoms with Crippen molar-refractivity contribution >= 4 is 15.9 Å². The first kappa shape index (κ1) is 10.8. The van der Waals surface area contributed by atoms with Crippen LogP contribution in [-0.2, 0) is 6.42 Å². The summed E-state index contributed by atoms with van der Waals surface area (Å²) in [7, 11) is 0. The van der Waals surface area contributed by atoms with Crippen molar-refractivity contribution in [1.82, 2.24) is 0 Å². The van der Waals surface area contributed by atoms with Crippen LogP contribution in [0.4, 0.5) is 0 Å². The van der Waals surface area contributed by atoms with Gasteiger partial charge in [0.2, 0.25) is 0 Å². The van der Waals surface area contributed by atoms with Crippen molar-refractivity contribution < 1.29 is 0 Å². The molecular weight excluding hydrogens is 224 g/mol. The molecule has 0 spiro atoms. The lowest BCUT2D eigenvalue weighted by atomic mass is 9.98. The van der Waals surface area contributed by atoms with Crippen LogP contribution >= 0.6 is 15.9 Å². The molecule has 0 aliphatic heterocycles. The highest BCUT2D eigenvalue weighted by Crippen LogP contribution is 2.22. The van der Waals surface area contributed by atoms with Gasteiger partial charge in [0.1, 0.15) is 0 Å². The van der Waals surface area contributed by atoms with E-state index in [0.29, 0.717) is 0 Å². The summed E-state index contributed by atoms with van der Waals surface area (Å²) in [6, 6.07) is 6.56. The molecule has 0 unspecified atom stereocenters. The van der Waals surface area contributed by atoms with Crippen LogP contribution in [0.5, 0.6) is 0 Å². The zero-order valence-corrected chi connectivity index (χ0v) is 10.2. The summed E-state index contributed by atoms with van der Waals surface area (Å²) < 4.78 is 1.25. The zero-order chi connectivity index (χ0) is 9.84. The lowest BCUT2D eigenvalue weighted by Crippen LogP contribution is -1.98. The van der Waals surface area contributed by atoms with Gasteiger partial charge in [0.15, 0.2) is 0 Å². The van der Waals surface area contributed by atoms with E-state index in [0.717, 1.165) is 5.92 Å². The van der Waals surface area contributed by atoms with Crippen molar-refractivity contribution in [2.24, 2.45) is 5.92 Å². The third kappa shape index (κ3) is 3.15. The second-order valence-electron chi connectivity index (χ2n) is 3.81. The third-order valence-electron chi connectivity index (χ3n) is 2.47. The second kappa shape index (κ2) is 4.80. The predicted octanol–water partition coefficient (Wildman–Crippen LogP) is 4.35. The summed E-state index contributed by atoms with van der Waals surface area (Å²) in [6.45, 7) is 6.69. The Labute approximate surface area is 89.5 Å². The molecule has 0 aliphatic carbocycles. The minimum atomic E-state index is 0.776. The fourth-order valence-electron chi connectivity index (χ4n) is 1.38. The first-order valence-corrected chi connectivity index (χ1v) is 5.67. The normalized spacial score (nSPS) is 12.9. The molecule has 0 nitrogen and oxygen atoms in total. The number of benzene rings is 1. The number of hydrogen-bond donors (Lipinski definition) is 0. The van der Waals surface area contributed by atoms with E-state index in [2.05, 4.69) is 54.9 Å². The minimum Gasteiger partial charge on any atom is -0.0651 e. The lowest BCUT2D eigenvalue weighted by molar-refractivity contribution is 0.559. The Morgan fingerprint density at radius 2 is 2.08 bits per heavy atom. The summed E-state index contributed by atoms with van der Waals surface area (Å²) in [5.74, 6) is 0.776. The van der Waals surface area contributed by atoms with Gasteiger partial charge in [-0.2, -0.15) is 0 Å². The molecule has 0 N–H and O–H groups in total. The summed E-state index contributed by atoms with van der Waals surface area (Å²) in [6.07, 6.45) is 2.43. The molecule has 0 radical (unpaired) electrons. The fourth-order valence-corrected chi connectivity index (χ4v) is 1.79. The molecule has 0 amide bonds. The zero-order valence-electron chi connectivity index (χ0n) is 8.60. The van der Waals surface area contributed by atoms with E-state index in [1.54, 1.807) is 0 Å². The number of aryl methyl sites for hydroxylation is 1. The van der Waals surface area contributed by atoms with Gasteiger partial charge in [-0.1, -0.05) is 53.9 Å². The van der Waals surface area contributed by atoms with Gasteiger partial charge in [0.05, 0.1) is 0 Å². The summed E-state index contributed by atoms with van der Waals surface area (Å²) in [5, 5.41) is 0. The Hall–Kier alpha value is -0.300. The summed E-state index contributed by atoms with van der Waals surface area (Å²) in [5.41, 5.74) is 2.79. The molecular formula is C12H17Br. The van der Waals surface area contributed by atoms with E-state index in [-0.39, 0.29) is 0 Å². The topological polar surface area (TPSA) is 0 Å². The highest BCUT2D eigenvalue weighted by molar-refractivity contribution is 9.10. The van der Waals surface area contributed by atoms with Crippen molar-refractivity contribution in [2.45, 2.75) is 33.6 Å². The van der Waals surface area contributed by atoms with Crippen LogP contribution in [0.15, 0.2) is 22.7 Å². The highest BCUT2D eigenvalue weighted by Gasteiger charge is 2.04. The Morgan fingerprint density at radius 1 is 1.38 bits per heavy atom. The maximum atomic E-state index is 3.59. The molecule has 1 aromatic carbocycles. The maximum absolute atomic E-state index is 3.59. The molecule has 0 heterocycles. The van der Waals surface area contributed by atoms with Gasteiger partial charge in [-0.05, 0) is 30.9 Å². The Morgan fingerprint density at radius 3 is 2.69 bits per heavy atom. The Kier molecular flexibility index (Phi) is 3.98. The van der Waals surface area contributed by atoms with Crippen molar-refractivity contribution in [1.29, 1.82) is 0 Å². The Balaban J connectivity index is 2.81. The van der Waals surface area contributed by atoms with Crippen molar-refractivity contribution in [2.75, 3.05) is 0 Å². The Bertz CT molecular complexity index is 278. The largest absolute Gasteiger partial charge is 0.0651 e. The van der Waals surface area contributed by atoms with Crippen LogP contribution in [0.3, 0.4) is 0 Å². The van der Waals surface area contributed by atoms with Crippen molar-refractivity contribution in [3.05, 3.63) is 33.8 Å². The average molecular weight is 241 g/mol. The van der Waals surface area contributed by atoms with Crippen LogP contribution in [0.1, 0.15) is 31.4 Å². The highest BCUT2D eigenvalue weighted by atomic mass is 79.9. The van der Waals surface area contributed by atoms with Crippen molar-refractivity contribution in [3.63, 3.8) is 0 Å². The minimum absolute atomic E-state index is 0.776. The van der Waals surface area contributed by atoms with Gasteiger partial charge in [-0.25, -0.2) is 0 Å². The van der Waals surface area contributed by atoms with Crippen LogP contribution in [0.2, 0.25) is 0 Å². The monoisotopic (exact) mass is 240 g/mol. The van der Waals surface area contributed by atoms with Gasteiger partial charge < -0.3 is 0 Å². The molecule has 0 bridgehead atoms. The lowest BCUT2D eigenvalue weighted by Gasteiger charge is -2.10. The summed E-state index contributed by atoms with van der Waals surface area (Å²) in [4.78, 5) is 0. The molecule has 0 aliphatic rings. The van der Waals surface area contributed by atoms with Crippen LogP contribution in [0, 0.1) is 12.8 Å². The average Bonchev–Trinajstić information content (AvgIpc) is 2.11. The molecule has 1 rings (SSSR count). The van der Waals surface area contributed by atoms with E-state index in [4.69, 9.17) is 0 Å². The van der Waals surface area contributed by atoms with E-state index in [1.807, 2.05) is 0 Å². The number of hydrogen-bond acceptors (Lipinski definition) is 0. The smallest absolute Gasteiger partial charge is 0.0207 e. The first-order valence-electron chi connectivity index (χ1n) is 4.88. The molecule has 0 saturated carbocycles. The molecule has 0 aromatic heterocycles. The van der Waals surface area contributed by atoms with E-state index >= 15 is 0 Å². The number of rotatable bonds is 3. The molecule has 1 heteroatoms. The SMILES string of the molecule is CC[C@@H](C)Cc1cc(C)ccc1Br. The van der Waals surface area contributed by atoms with Crippen molar-refractivity contribution in [3.8, 4) is 0 Å². The van der Waals surface area contributed by atoms with E-state index < -0.39 is 0 Å². The molecule has 72 valence electrons. The van der Waals surface area contributed by atoms with E-state index in [1.165, 1.54) is 28.4 Å². The van der Waals surface area contributed by atoms with E-state index in [9.17, 15) is 0 Å². The van der Waals surface area contributed by atoms with Crippen LogP contribution < -0.4 is 0 Å². The maximum Gasteiger partial charge on any atom is 0.0207 e. The van der Waals surface area contributed by atoms with Gasteiger partial charge in [0.25, 0.3) is 0 Å². The molecule has 1 atom stereocenters.